The molecule has 0 rings (SSSR count). The smallest absolute Gasteiger partial charge is 0.110 e. The number of hydrogen-bond donors (Lipinski definition) is 2. The number of allylic oxidation sites excluding steroid dienone is 2. The van der Waals surface area contributed by atoms with Gasteiger partial charge in [0.1, 0.15) is 12.7 Å². The maximum atomic E-state index is 9.04. The molecule has 0 heterocycles. The molecule has 0 spiro atoms. The van der Waals surface area contributed by atoms with E-state index in [2.05, 4.69) is 19.1 Å². The summed E-state index contributed by atoms with van der Waals surface area (Å²) in [6.45, 7) is 2.56. The molecule has 25 heavy (non-hydrogen) atoms. The Kier molecular flexibility index (Phi) is 21.3. The van der Waals surface area contributed by atoms with E-state index in [0.717, 1.165) is 12.8 Å². The average Bonchev–Trinajstić information content (AvgIpc) is 2.63. The molecule has 4 heteroatoms. The molecule has 4 nitrogen and oxygen atoms in total. The van der Waals surface area contributed by atoms with Crippen LogP contribution < -0.4 is 0 Å². The van der Waals surface area contributed by atoms with Gasteiger partial charge in [0.2, 0.25) is 0 Å². The molecule has 150 valence electrons. The number of hydrogen-bond acceptors (Lipinski definition) is 4. The monoisotopic (exact) mass is 358 g/mol. The first kappa shape index (κ1) is 24.6. The lowest BCUT2D eigenvalue weighted by Gasteiger charge is -2.07. The maximum absolute atomic E-state index is 9.04. The topological polar surface area (TPSA) is 58.9 Å². The standard InChI is InChI=1S/C21H42O4/c1-2-3-4-5-6-7-8-9-10-11-12-13-14-15-16-17-18-24-25-20-21(23)19-22/h9-10,21-23H,2-8,11-20H2,1H3/b10-9-. The molecule has 0 amide bonds. The highest BCUT2D eigenvalue weighted by molar-refractivity contribution is 4.81. The number of aliphatic hydroxyl groups excluding tert-OH is 2. The average molecular weight is 359 g/mol. The molecule has 1 atom stereocenters. The van der Waals surface area contributed by atoms with E-state index in [1.807, 2.05) is 0 Å². The first-order valence-corrected chi connectivity index (χ1v) is 10.5. The van der Waals surface area contributed by atoms with E-state index in [0.29, 0.717) is 6.61 Å². The fourth-order valence-corrected chi connectivity index (χ4v) is 2.65. The van der Waals surface area contributed by atoms with E-state index < -0.39 is 6.10 Å². The molecule has 2 N–H and O–H groups in total. The predicted octanol–water partition coefficient (Wildman–Crippen LogP) is 5.33. The lowest BCUT2D eigenvalue weighted by molar-refractivity contribution is -0.306. The van der Waals surface area contributed by atoms with Crippen molar-refractivity contribution in [1.82, 2.24) is 0 Å². The van der Waals surface area contributed by atoms with Gasteiger partial charge in [0, 0.05) is 0 Å². The summed E-state index contributed by atoms with van der Waals surface area (Å²) in [7, 11) is 0. The molecular weight excluding hydrogens is 316 g/mol. The van der Waals surface area contributed by atoms with Crippen LogP contribution in [0.25, 0.3) is 0 Å². The highest BCUT2D eigenvalue weighted by Crippen LogP contribution is 2.10. The molecule has 0 saturated carbocycles. The van der Waals surface area contributed by atoms with Gasteiger partial charge < -0.3 is 10.2 Å². The molecule has 0 radical (unpaired) electrons. The Morgan fingerprint density at radius 3 is 1.80 bits per heavy atom. The summed E-state index contributed by atoms with van der Waals surface area (Å²) in [4.78, 5) is 9.74. The Bertz CT molecular complexity index is 269. The van der Waals surface area contributed by atoms with Crippen LogP contribution in [-0.4, -0.2) is 36.1 Å². The van der Waals surface area contributed by atoms with Crippen LogP contribution in [0.2, 0.25) is 0 Å². The van der Waals surface area contributed by atoms with E-state index in [4.69, 9.17) is 20.0 Å². The Balaban J connectivity index is 3.07. The largest absolute Gasteiger partial charge is 0.394 e. The fraction of sp³-hybridized carbons (Fsp3) is 0.905. The summed E-state index contributed by atoms with van der Waals surface area (Å²) in [5, 5.41) is 17.6. The normalized spacial score (nSPS) is 12.9. The van der Waals surface area contributed by atoms with Gasteiger partial charge in [-0.05, 0) is 32.1 Å². The molecule has 0 fully saturated rings. The van der Waals surface area contributed by atoms with Gasteiger partial charge in [-0.2, -0.15) is 0 Å². The van der Waals surface area contributed by atoms with Crippen LogP contribution in [0.15, 0.2) is 12.2 Å². The van der Waals surface area contributed by atoms with E-state index in [1.54, 1.807) is 0 Å². The van der Waals surface area contributed by atoms with Crippen molar-refractivity contribution in [2.75, 3.05) is 19.8 Å². The zero-order valence-corrected chi connectivity index (χ0v) is 16.5. The van der Waals surface area contributed by atoms with E-state index >= 15 is 0 Å². The van der Waals surface area contributed by atoms with Crippen molar-refractivity contribution in [2.24, 2.45) is 0 Å². The first-order valence-electron chi connectivity index (χ1n) is 10.5. The van der Waals surface area contributed by atoms with Gasteiger partial charge in [0.25, 0.3) is 0 Å². The van der Waals surface area contributed by atoms with Crippen LogP contribution in [0.5, 0.6) is 0 Å². The van der Waals surface area contributed by atoms with Gasteiger partial charge in [-0.3, -0.25) is 0 Å². The number of unbranched alkanes of at least 4 members (excludes halogenated alkanes) is 12. The Hall–Kier alpha value is -0.420. The second-order valence-corrected chi connectivity index (χ2v) is 6.88. The predicted molar refractivity (Wildman–Crippen MR) is 104 cm³/mol. The van der Waals surface area contributed by atoms with Crippen molar-refractivity contribution < 1.29 is 20.0 Å². The summed E-state index contributed by atoms with van der Waals surface area (Å²) in [6.07, 6.45) is 21.9. The van der Waals surface area contributed by atoms with Crippen molar-refractivity contribution in [3.63, 3.8) is 0 Å². The van der Waals surface area contributed by atoms with Crippen LogP contribution in [0.1, 0.15) is 96.8 Å². The molecule has 0 aliphatic rings. The minimum Gasteiger partial charge on any atom is -0.394 e. The highest BCUT2D eigenvalue weighted by atomic mass is 17.2. The lowest BCUT2D eigenvalue weighted by Crippen LogP contribution is -2.19. The van der Waals surface area contributed by atoms with Gasteiger partial charge in [0.15, 0.2) is 0 Å². The summed E-state index contributed by atoms with van der Waals surface area (Å²) in [5.41, 5.74) is 0. The highest BCUT2D eigenvalue weighted by Gasteiger charge is 2.01. The molecule has 0 saturated heterocycles. The molecule has 0 aromatic rings. The van der Waals surface area contributed by atoms with Crippen molar-refractivity contribution in [2.45, 2.75) is 103 Å². The van der Waals surface area contributed by atoms with E-state index in [-0.39, 0.29) is 13.2 Å². The van der Waals surface area contributed by atoms with Gasteiger partial charge in [-0.25, -0.2) is 9.78 Å². The maximum Gasteiger partial charge on any atom is 0.110 e. The second kappa shape index (κ2) is 21.6. The second-order valence-electron chi connectivity index (χ2n) is 6.88. The lowest BCUT2D eigenvalue weighted by atomic mass is 10.1. The quantitative estimate of drug-likeness (QED) is 0.134. The minimum absolute atomic E-state index is 0.0306. The van der Waals surface area contributed by atoms with Crippen molar-refractivity contribution >= 4 is 0 Å². The molecule has 0 aromatic carbocycles. The van der Waals surface area contributed by atoms with Crippen molar-refractivity contribution in [1.29, 1.82) is 0 Å². The zero-order chi connectivity index (χ0) is 18.4. The number of aliphatic hydroxyl groups is 2. The molecule has 0 bridgehead atoms. The van der Waals surface area contributed by atoms with Crippen LogP contribution in [0.4, 0.5) is 0 Å². The SMILES string of the molecule is CCCCCCCC/C=C\CCCCCCCCOOCC(O)CO. The van der Waals surface area contributed by atoms with Gasteiger partial charge >= 0.3 is 0 Å². The summed E-state index contributed by atoms with van der Waals surface area (Å²) < 4.78 is 0. The summed E-state index contributed by atoms with van der Waals surface area (Å²) >= 11 is 0. The minimum atomic E-state index is -0.847. The number of rotatable bonds is 20. The molecule has 1 unspecified atom stereocenters. The van der Waals surface area contributed by atoms with E-state index in [1.165, 1.54) is 77.0 Å². The van der Waals surface area contributed by atoms with E-state index in [9.17, 15) is 0 Å². The third kappa shape index (κ3) is 21.5. The third-order valence-corrected chi connectivity index (χ3v) is 4.29. The molecular formula is C21H42O4. The van der Waals surface area contributed by atoms with Crippen LogP contribution >= 0.6 is 0 Å². The van der Waals surface area contributed by atoms with Crippen molar-refractivity contribution in [3.8, 4) is 0 Å². The molecule has 0 aliphatic heterocycles. The third-order valence-electron chi connectivity index (χ3n) is 4.29. The van der Waals surface area contributed by atoms with Crippen LogP contribution in [0.3, 0.4) is 0 Å². The van der Waals surface area contributed by atoms with Gasteiger partial charge in [-0.15, -0.1) is 0 Å². The van der Waals surface area contributed by atoms with Crippen LogP contribution in [0, 0.1) is 0 Å². The summed E-state index contributed by atoms with van der Waals surface area (Å²) in [6, 6.07) is 0. The Morgan fingerprint density at radius 2 is 1.24 bits per heavy atom. The fourth-order valence-electron chi connectivity index (χ4n) is 2.65. The molecule has 0 aliphatic carbocycles. The Labute approximate surface area is 155 Å². The van der Waals surface area contributed by atoms with Gasteiger partial charge in [-0.1, -0.05) is 76.9 Å². The Morgan fingerprint density at radius 1 is 0.720 bits per heavy atom. The van der Waals surface area contributed by atoms with Crippen LogP contribution in [-0.2, 0) is 9.78 Å². The zero-order valence-electron chi connectivity index (χ0n) is 16.5. The van der Waals surface area contributed by atoms with Gasteiger partial charge in [0.05, 0.1) is 13.2 Å². The summed E-state index contributed by atoms with van der Waals surface area (Å²) in [5.74, 6) is 0. The molecule has 0 aromatic heterocycles. The van der Waals surface area contributed by atoms with Crippen molar-refractivity contribution in [3.05, 3.63) is 12.2 Å². The first-order chi connectivity index (χ1) is 12.3.